The van der Waals surface area contributed by atoms with Crippen LogP contribution in [-0.2, 0) is 16.1 Å². The first kappa shape index (κ1) is 33.3. The molecule has 2 heterocycles. The van der Waals surface area contributed by atoms with Gasteiger partial charge in [0, 0.05) is 10.7 Å². The van der Waals surface area contributed by atoms with Crippen molar-refractivity contribution in [1.29, 1.82) is 0 Å². The van der Waals surface area contributed by atoms with Crippen molar-refractivity contribution in [2.75, 3.05) is 26.9 Å². The van der Waals surface area contributed by atoms with Gasteiger partial charge in [0.25, 0.3) is 5.56 Å². The molecule has 0 amide bonds. The second-order valence-electron chi connectivity index (χ2n) is 9.93. The van der Waals surface area contributed by atoms with E-state index in [9.17, 15) is 9.59 Å². The normalized spacial score (nSPS) is 14.2. The molecule has 0 aliphatic carbocycles. The molecule has 1 aromatic heterocycles. The van der Waals surface area contributed by atoms with Crippen LogP contribution in [0.3, 0.4) is 0 Å². The number of halogens is 2. The number of hydrogen-bond donors (Lipinski definition) is 0. The summed E-state index contributed by atoms with van der Waals surface area (Å²) in [5.41, 5.74) is 2.12. The van der Waals surface area contributed by atoms with E-state index in [-0.39, 0.29) is 11.1 Å². The highest BCUT2D eigenvalue weighted by Gasteiger charge is 2.31. The van der Waals surface area contributed by atoms with Crippen LogP contribution < -0.4 is 33.8 Å². The summed E-state index contributed by atoms with van der Waals surface area (Å²) < 4.78 is 31.4. The third-order valence-corrected chi connectivity index (χ3v) is 8.74. The maximum atomic E-state index is 14.0. The molecule has 0 spiro atoms. The van der Waals surface area contributed by atoms with Crippen molar-refractivity contribution in [2.45, 2.75) is 33.4 Å². The van der Waals surface area contributed by atoms with Crippen LogP contribution in [0.2, 0.25) is 5.02 Å². The van der Waals surface area contributed by atoms with Gasteiger partial charge in [0.15, 0.2) is 27.8 Å². The molecule has 4 aromatic rings. The Kier molecular flexibility index (Phi) is 10.9. The molecule has 0 saturated carbocycles. The number of carbonyl (C=O) groups excluding carboxylic acids is 1. The van der Waals surface area contributed by atoms with E-state index in [1.807, 2.05) is 45.0 Å². The van der Waals surface area contributed by atoms with Crippen LogP contribution in [0, 0.1) is 0 Å². The second-order valence-corrected chi connectivity index (χ2v) is 12.3. The summed E-state index contributed by atoms with van der Waals surface area (Å²) in [6, 6.07) is 15.8. The lowest BCUT2D eigenvalue weighted by atomic mass is 9.97. The summed E-state index contributed by atoms with van der Waals surface area (Å²) in [6.45, 7) is 7.17. The van der Waals surface area contributed by atoms with E-state index >= 15 is 0 Å². The molecule has 9 nitrogen and oxygen atoms in total. The van der Waals surface area contributed by atoms with Gasteiger partial charge < -0.3 is 23.7 Å². The van der Waals surface area contributed by atoms with Gasteiger partial charge in [-0.2, -0.15) is 0 Å². The Bertz CT molecular complexity index is 1950. The van der Waals surface area contributed by atoms with E-state index < -0.39 is 12.0 Å². The molecule has 3 aromatic carbocycles. The van der Waals surface area contributed by atoms with Crippen LogP contribution in [0.15, 0.2) is 80.6 Å². The molecular formula is C34H32BrClN2O7S. The first-order valence-corrected chi connectivity index (χ1v) is 16.6. The van der Waals surface area contributed by atoms with Gasteiger partial charge in [0.1, 0.15) is 6.61 Å². The number of thiazole rings is 1. The van der Waals surface area contributed by atoms with E-state index in [0.717, 1.165) is 10.0 Å². The lowest BCUT2D eigenvalue weighted by Crippen LogP contribution is -2.39. The number of aromatic nitrogens is 1. The van der Waals surface area contributed by atoms with Gasteiger partial charge in [0.2, 0.25) is 0 Å². The zero-order chi connectivity index (χ0) is 32.8. The van der Waals surface area contributed by atoms with E-state index in [0.29, 0.717) is 74.9 Å². The first-order valence-electron chi connectivity index (χ1n) is 14.6. The molecular weight excluding hydrogens is 696 g/mol. The topological polar surface area (TPSA) is 97.6 Å². The fourth-order valence-electron chi connectivity index (χ4n) is 4.95. The molecule has 0 fully saturated rings. The molecule has 1 aliphatic heterocycles. The molecule has 0 N–H and O–H groups in total. The largest absolute Gasteiger partial charge is 0.490 e. The SMILES string of the molecule is CCOc1ccc([C@H]2C(C(=O)OC)=CN=c3s/c(=C\c4cc(Cl)c(OCc5ccc(Br)cc5)c(OCC)c4)c(=O)n32)cc1OCC. The number of carbonyl (C=O) groups is 1. The summed E-state index contributed by atoms with van der Waals surface area (Å²) in [5.74, 6) is 1.34. The minimum atomic E-state index is -0.808. The second kappa shape index (κ2) is 15.0. The van der Waals surface area contributed by atoms with Gasteiger partial charge in [-0.1, -0.05) is 57.1 Å². The highest BCUT2D eigenvalue weighted by molar-refractivity contribution is 9.10. The van der Waals surface area contributed by atoms with Crippen molar-refractivity contribution in [2.24, 2.45) is 4.99 Å². The molecule has 0 unspecified atom stereocenters. The summed E-state index contributed by atoms with van der Waals surface area (Å²) >= 11 is 11.3. The van der Waals surface area contributed by atoms with Crippen molar-refractivity contribution < 1.29 is 28.5 Å². The minimum Gasteiger partial charge on any atom is -0.490 e. The minimum absolute atomic E-state index is 0.210. The molecule has 1 atom stereocenters. The zero-order valence-corrected chi connectivity index (χ0v) is 28.8. The maximum Gasteiger partial charge on any atom is 0.337 e. The average molecular weight is 728 g/mol. The Balaban J connectivity index is 1.57. The molecule has 46 heavy (non-hydrogen) atoms. The molecule has 240 valence electrons. The number of rotatable bonds is 12. The van der Waals surface area contributed by atoms with Crippen molar-refractivity contribution in [1.82, 2.24) is 4.57 Å². The summed E-state index contributed by atoms with van der Waals surface area (Å²) in [5, 5.41) is 0.339. The van der Waals surface area contributed by atoms with E-state index in [2.05, 4.69) is 20.9 Å². The summed E-state index contributed by atoms with van der Waals surface area (Å²) in [7, 11) is 1.29. The maximum absolute atomic E-state index is 14.0. The molecule has 0 saturated heterocycles. The molecule has 0 bridgehead atoms. The summed E-state index contributed by atoms with van der Waals surface area (Å²) in [4.78, 5) is 31.8. The number of nitrogens with zero attached hydrogens (tertiary/aromatic N) is 2. The Labute approximate surface area is 283 Å². The van der Waals surface area contributed by atoms with Crippen LogP contribution in [-0.4, -0.2) is 37.5 Å². The van der Waals surface area contributed by atoms with Crippen LogP contribution in [0.4, 0.5) is 0 Å². The van der Waals surface area contributed by atoms with Gasteiger partial charge >= 0.3 is 5.97 Å². The molecule has 5 rings (SSSR count). The van der Waals surface area contributed by atoms with Crippen molar-refractivity contribution in [3.05, 3.63) is 112 Å². The van der Waals surface area contributed by atoms with E-state index in [4.69, 9.17) is 35.3 Å². The standard InChI is InChI=1S/C34H32BrClN2O7S/c1-5-42-26-13-10-22(17-27(26)43-6-2)30-24(33(40)41-4)18-37-34-38(30)32(39)29(46-34)16-21-14-25(36)31(28(15-21)44-7-3)45-19-20-8-11-23(35)12-9-20/h8-18,30H,5-7,19H2,1-4H3/b29-16-/t30-/m0/s1. The molecule has 1 aliphatic rings. The van der Waals surface area contributed by atoms with Crippen LogP contribution in [0.1, 0.15) is 43.5 Å². The smallest absolute Gasteiger partial charge is 0.337 e. The van der Waals surface area contributed by atoms with Crippen molar-refractivity contribution in [3.8, 4) is 23.0 Å². The van der Waals surface area contributed by atoms with E-state index in [1.54, 1.807) is 36.4 Å². The van der Waals surface area contributed by atoms with Crippen molar-refractivity contribution in [3.63, 3.8) is 0 Å². The lowest BCUT2D eigenvalue weighted by molar-refractivity contribution is -0.136. The number of methoxy groups -OCH3 is 1. The van der Waals surface area contributed by atoms with E-state index in [1.165, 1.54) is 29.2 Å². The third-order valence-electron chi connectivity index (χ3n) is 6.93. The quantitative estimate of drug-likeness (QED) is 0.160. The number of hydrogen-bond acceptors (Lipinski definition) is 9. The van der Waals surface area contributed by atoms with Gasteiger partial charge in [0.05, 0.1) is 48.1 Å². The van der Waals surface area contributed by atoms with Crippen LogP contribution >= 0.6 is 38.9 Å². The fraction of sp³-hybridized carbons (Fsp3) is 0.265. The lowest BCUT2D eigenvalue weighted by Gasteiger charge is -2.23. The number of ether oxygens (including phenoxy) is 5. The number of fused-ring (bicyclic) bond motifs is 1. The predicted molar refractivity (Wildman–Crippen MR) is 181 cm³/mol. The van der Waals surface area contributed by atoms with Crippen LogP contribution in [0.5, 0.6) is 23.0 Å². The average Bonchev–Trinajstić information content (AvgIpc) is 3.36. The van der Waals surface area contributed by atoms with Gasteiger partial charge in [-0.3, -0.25) is 9.36 Å². The summed E-state index contributed by atoms with van der Waals surface area (Å²) in [6.07, 6.45) is 3.17. The zero-order valence-electron chi connectivity index (χ0n) is 25.7. The van der Waals surface area contributed by atoms with Crippen molar-refractivity contribution >= 4 is 50.9 Å². The highest BCUT2D eigenvalue weighted by Crippen LogP contribution is 2.38. The predicted octanol–water partition coefficient (Wildman–Crippen LogP) is 6.21. The Morgan fingerprint density at radius 1 is 0.957 bits per heavy atom. The number of benzene rings is 3. The highest BCUT2D eigenvalue weighted by atomic mass is 79.9. The van der Waals surface area contributed by atoms with Gasteiger partial charge in [-0.05, 0) is 79.9 Å². The van der Waals surface area contributed by atoms with Gasteiger partial charge in [-0.15, -0.1) is 0 Å². The molecule has 12 heteroatoms. The Morgan fingerprint density at radius 3 is 2.35 bits per heavy atom. The first-order chi connectivity index (χ1) is 22.3. The fourth-order valence-corrected chi connectivity index (χ4v) is 6.46. The Hall–Kier alpha value is -4.06. The number of esters is 1. The van der Waals surface area contributed by atoms with Gasteiger partial charge in [-0.25, -0.2) is 9.79 Å². The monoisotopic (exact) mass is 726 g/mol. The Morgan fingerprint density at radius 2 is 1.65 bits per heavy atom. The third kappa shape index (κ3) is 7.16. The molecule has 0 radical (unpaired) electrons. The van der Waals surface area contributed by atoms with Crippen LogP contribution in [0.25, 0.3) is 6.08 Å².